The Bertz CT molecular complexity index is 311. The summed E-state index contributed by atoms with van der Waals surface area (Å²) in [6.45, 7) is 4.01. The Morgan fingerprint density at radius 1 is 1.69 bits per heavy atom. The minimum absolute atomic E-state index is 0.110. The lowest BCUT2D eigenvalue weighted by Crippen LogP contribution is -2.08. The molecule has 0 saturated heterocycles. The van der Waals surface area contributed by atoms with Crippen molar-refractivity contribution in [2.75, 3.05) is 0 Å². The summed E-state index contributed by atoms with van der Waals surface area (Å²) in [5, 5.41) is 18.0. The van der Waals surface area contributed by atoms with Crippen molar-refractivity contribution in [3.63, 3.8) is 0 Å². The van der Waals surface area contributed by atoms with Gasteiger partial charge in [0.25, 0.3) is 0 Å². The van der Waals surface area contributed by atoms with Crippen LogP contribution in [0.2, 0.25) is 0 Å². The third-order valence-electron chi connectivity index (χ3n) is 1.88. The van der Waals surface area contributed by atoms with Crippen LogP contribution in [0, 0.1) is 11.3 Å². The van der Waals surface area contributed by atoms with Crippen molar-refractivity contribution in [1.29, 1.82) is 5.26 Å². The molecule has 4 nitrogen and oxygen atoms in total. The van der Waals surface area contributed by atoms with Crippen molar-refractivity contribution in [3.8, 4) is 6.07 Å². The molecule has 70 valence electrons. The van der Waals surface area contributed by atoms with Crippen LogP contribution in [0.25, 0.3) is 0 Å². The first kappa shape index (κ1) is 9.75. The molecule has 13 heavy (non-hydrogen) atoms. The predicted octanol–water partition coefficient (Wildman–Crippen LogP) is 1.41. The second kappa shape index (κ2) is 4.06. The number of hydrogen-bond donors (Lipinski definition) is 1. The van der Waals surface area contributed by atoms with E-state index in [9.17, 15) is 5.11 Å². The molecule has 0 fully saturated rings. The second-order valence-corrected chi connectivity index (χ2v) is 3.20. The van der Waals surface area contributed by atoms with Gasteiger partial charge in [0.05, 0.1) is 30.7 Å². The molecule has 0 amide bonds. The van der Waals surface area contributed by atoms with E-state index in [1.807, 2.05) is 24.5 Å². The van der Waals surface area contributed by atoms with Crippen LogP contribution in [0.15, 0.2) is 12.5 Å². The van der Waals surface area contributed by atoms with E-state index >= 15 is 0 Å². The van der Waals surface area contributed by atoms with Crippen LogP contribution in [0.1, 0.15) is 38.1 Å². The van der Waals surface area contributed by atoms with Crippen molar-refractivity contribution < 1.29 is 5.11 Å². The summed E-state index contributed by atoms with van der Waals surface area (Å²) in [6, 6.07) is 2.19. The maximum absolute atomic E-state index is 9.56. The zero-order valence-electron chi connectivity index (χ0n) is 7.81. The molecule has 1 N–H and O–H groups in total. The summed E-state index contributed by atoms with van der Waals surface area (Å²) >= 11 is 0. The van der Waals surface area contributed by atoms with Crippen LogP contribution in [-0.4, -0.2) is 14.7 Å². The highest BCUT2D eigenvalue weighted by Gasteiger charge is 2.13. The van der Waals surface area contributed by atoms with Gasteiger partial charge in [-0.3, -0.25) is 0 Å². The van der Waals surface area contributed by atoms with E-state index in [1.165, 1.54) is 0 Å². The van der Waals surface area contributed by atoms with Gasteiger partial charge in [-0.25, -0.2) is 4.98 Å². The molecule has 1 aromatic heterocycles. The summed E-state index contributed by atoms with van der Waals surface area (Å²) in [5.74, 6) is 0. The summed E-state index contributed by atoms with van der Waals surface area (Å²) in [4.78, 5) is 3.94. The molecule has 1 aromatic rings. The van der Waals surface area contributed by atoms with Gasteiger partial charge in [-0.15, -0.1) is 0 Å². The van der Waals surface area contributed by atoms with Crippen LogP contribution in [0.5, 0.6) is 0 Å². The van der Waals surface area contributed by atoms with Crippen LogP contribution in [0.4, 0.5) is 0 Å². The Hall–Kier alpha value is -1.34. The van der Waals surface area contributed by atoms with E-state index in [0.29, 0.717) is 5.69 Å². The highest BCUT2D eigenvalue weighted by Crippen LogP contribution is 2.18. The Labute approximate surface area is 77.4 Å². The Morgan fingerprint density at radius 2 is 2.38 bits per heavy atom. The maximum Gasteiger partial charge on any atom is 0.108 e. The molecule has 0 spiro atoms. The average molecular weight is 179 g/mol. The highest BCUT2D eigenvalue weighted by molar-refractivity contribution is 5.05. The molecule has 1 rings (SSSR count). The van der Waals surface area contributed by atoms with Gasteiger partial charge in [-0.1, -0.05) is 0 Å². The first-order valence-electron chi connectivity index (χ1n) is 4.23. The Kier molecular flexibility index (Phi) is 3.04. The lowest BCUT2D eigenvalue weighted by atomic mass is 10.2. The van der Waals surface area contributed by atoms with Crippen molar-refractivity contribution in [2.24, 2.45) is 0 Å². The number of nitriles is 1. The average Bonchev–Trinajstić information content (AvgIpc) is 2.52. The van der Waals surface area contributed by atoms with Crippen LogP contribution in [-0.2, 0) is 0 Å². The number of imidazole rings is 1. The summed E-state index contributed by atoms with van der Waals surface area (Å²) < 4.78 is 1.86. The molecule has 0 saturated carbocycles. The van der Waals surface area contributed by atoms with Gasteiger partial charge in [-0.2, -0.15) is 5.26 Å². The minimum atomic E-state index is -0.727. The van der Waals surface area contributed by atoms with E-state index in [0.717, 1.165) is 0 Å². The SMILES string of the molecule is CC(C)n1cncc1C(O)CC#N. The van der Waals surface area contributed by atoms with Gasteiger partial charge in [0.1, 0.15) is 6.10 Å². The largest absolute Gasteiger partial charge is 0.386 e. The van der Waals surface area contributed by atoms with E-state index in [1.54, 1.807) is 12.5 Å². The summed E-state index contributed by atoms with van der Waals surface area (Å²) in [6.07, 6.45) is 2.65. The van der Waals surface area contributed by atoms with Crippen molar-refractivity contribution in [3.05, 3.63) is 18.2 Å². The molecular formula is C9H13N3O. The number of aromatic nitrogens is 2. The normalized spacial score (nSPS) is 12.8. The van der Waals surface area contributed by atoms with Gasteiger partial charge in [0, 0.05) is 6.04 Å². The fourth-order valence-corrected chi connectivity index (χ4v) is 1.20. The van der Waals surface area contributed by atoms with Crippen molar-refractivity contribution in [1.82, 2.24) is 9.55 Å². The van der Waals surface area contributed by atoms with Crippen LogP contribution < -0.4 is 0 Å². The minimum Gasteiger partial charge on any atom is -0.386 e. The zero-order valence-corrected chi connectivity index (χ0v) is 7.81. The van der Waals surface area contributed by atoms with Gasteiger partial charge >= 0.3 is 0 Å². The number of aliphatic hydroxyl groups excluding tert-OH is 1. The quantitative estimate of drug-likeness (QED) is 0.763. The molecule has 0 radical (unpaired) electrons. The molecular weight excluding hydrogens is 166 g/mol. The molecule has 0 aliphatic rings. The number of rotatable bonds is 3. The summed E-state index contributed by atoms with van der Waals surface area (Å²) in [5.41, 5.74) is 0.705. The Morgan fingerprint density at radius 3 is 2.92 bits per heavy atom. The molecule has 1 heterocycles. The molecule has 1 unspecified atom stereocenters. The maximum atomic E-state index is 9.56. The van der Waals surface area contributed by atoms with Gasteiger partial charge < -0.3 is 9.67 Å². The fraction of sp³-hybridized carbons (Fsp3) is 0.556. The topological polar surface area (TPSA) is 61.8 Å². The molecule has 0 bridgehead atoms. The van der Waals surface area contributed by atoms with Gasteiger partial charge in [0.15, 0.2) is 0 Å². The van der Waals surface area contributed by atoms with E-state index in [4.69, 9.17) is 5.26 Å². The third-order valence-corrected chi connectivity index (χ3v) is 1.88. The molecule has 0 aliphatic carbocycles. The standard InChI is InChI=1S/C9H13N3O/c1-7(2)12-6-11-5-8(12)9(13)3-4-10/h5-7,9,13H,3H2,1-2H3. The van der Waals surface area contributed by atoms with E-state index < -0.39 is 6.10 Å². The number of hydrogen-bond acceptors (Lipinski definition) is 3. The smallest absolute Gasteiger partial charge is 0.108 e. The first-order valence-corrected chi connectivity index (χ1v) is 4.23. The van der Waals surface area contributed by atoms with E-state index in [-0.39, 0.29) is 12.5 Å². The van der Waals surface area contributed by atoms with E-state index in [2.05, 4.69) is 4.98 Å². The van der Waals surface area contributed by atoms with Crippen molar-refractivity contribution >= 4 is 0 Å². The highest BCUT2D eigenvalue weighted by atomic mass is 16.3. The lowest BCUT2D eigenvalue weighted by molar-refractivity contribution is 0.172. The number of aliphatic hydroxyl groups is 1. The zero-order chi connectivity index (χ0) is 9.84. The number of nitrogens with zero attached hydrogens (tertiary/aromatic N) is 3. The lowest BCUT2D eigenvalue weighted by Gasteiger charge is -2.14. The Balaban J connectivity index is 2.88. The third kappa shape index (κ3) is 2.07. The fourth-order valence-electron chi connectivity index (χ4n) is 1.20. The van der Waals surface area contributed by atoms with Gasteiger partial charge in [0.2, 0.25) is 0 Å². The van der Waals surface area contributed by atoms with Crippen LogP contribution >= 0.6 is 0 Å². The molecule has 0 aliphatic heterocycles. The molecule has 4 heteroatoms. The monoisotopic (exact) mass is 179 g/mol. The first-order chi connectivity index (χ1) is 6.16. The molecule has 0 aromatic carbocycles. The van der Waals surface area contributed by atoms with Crippen LogP contribution in [0.3, 0.4) is 0 Å². The van der Waals surface area contributed by atoms with Crippen molar-refractivity contribution in [2.45, 2.75) is 32.4 Å². The van der Waals surface area contributed by atoms with Gasteiger partial charge in [-0.05, 0) is 13.8 Å². The second-order valence-electron chi connectivity index (χ2n) is 3.20. The summed E-state index contributed by atoms with van der Waals surface area (Å²) in [7, 11) is 0. The molecule has 1 atom stereocenters. The predicted molar refractivity (Wildman–Crippen MR) is 47.8 cm³/mol.